The zero-order valence-electron chi connectivity index (χ0n) is 25.3. The number of primary amides is 1. The van der Waals surface area contributed by atoms with E-state index >= 15 is 0 Å². The molecule has 47 heavy (non-hydrogen) atoms. The first kappa shape index (κ1) is 32.6. The molecule has 3 amide bonds. The Morgan fingerprint density at radius 1 is 1.06 bits per heavy atom. The highest BCUT2D eigenvalue weighted by Gasteiger charge is 2.53. The van der Waals surface area contributed by atoms with Crippen LogP contribution in [0.15, 0.2) is 72.4 Å². The highest BCUT2D eigenvalue weighted by atomic mass is 35.5. The summed E-state index contributed by atoms with van der Waals surface area (Å²) in [6.45, 7) is 3.12. The second-order valence-electron chi connectivity index (χ2n) is 11.7. The van der Waals surface area contributed by atoms with Gasteiger partial charge in [0, 0.05) is 41.0 Å². The van der Waals surface area contributed by atoms with Crippen LogP contribution in [0, 0.1) is 0 Å². The van der Waals surface area contributed by atoms with Gasteiger partial charge in [0.05, 0.1) is 11.9 Å². The number of anilines is 2. The summed E-state index contributed by atoms with van der Waals surface area (Å²) in [7, 11) is -4.41. The zero-order chi connectivity index (χ0) is 33.7. The third-order valence-electron chi connectivity index (χ3n) is 8.43. The number of benzene rings is 2. The van der Waals surface area contributed by atoms with Gasteiger partial charge in [-0.3, -0.25) is 19.0 Å². The van der Waals surface area contributed by atoms with E-state index in [4.69, 9.17) is 28.9 Å². The summed E-state index contributed by atoms with van der Waals surface area (Å²) in [5.74, 6) is -1.80. The van der Waals surface area contributed by atoms with E-state index in [0.29, 0.717) is 12.1 Å². The molecule has 2 aromatic carbocycles. The third kappa shape index (κ3) is 5.86. The summed E-state index contributed by atoms with van der Waals surface area (Å²) < 4.78 is 31.3. The van der Waals surface area contributed by atoms with Crippen LogP contribution >= 0.6 is 23.2 Å². The fraction of sp³-hybridized carbons (Fsp3) is 0.290. The lowest BCUT2D eigenvalue weighted by Crippen LogP contribution is -2.51. The Bertz CT molecular complexity index is 1970. The van der Waals surface area contributed by atoms with Crippen LogP contribution in [-0.4, -0.2) is 68.6 Å². The molecule has 1 fully saturated rings. The zero-order valence-corrected chi connectivity index (χ0v) is 27.6. The van der Waals surface area contributed by atoms with Gasteiger partial charge in [-0.15, -0.1) is 0 Å². The van der Waals surface area contributed by atoms with E-state index in [1.165, 1.54) is 35.0 Å². The molecule has 0 spiro atoms. The molecule has 0 radical (unpaired) electrons. The number of hydrogen-bond acceptors (Lipinski definition) is 8. The minimum absolute atomic E-state index is 0.0504. The highest BCUT2D eigenvalue weighted by Crippen LogP contribution is 2.45. The van der Waals surface area contributed by atoms with Gasteiger partial charge in [-0.05, 0) is 56.0 Å². The second-order valence-corrected chi connectivity index (χ2v) is 14.4. The lowest BCUT2D eigenvalue weighted by atomic mass is 9.91. The van der Waals surface area contributed by atoms with Crippen LogP contribution in [0.3, 0.4) is 0 Å². The van der Waals surface area contributed by atoms with Crippen molar-refractivity contribution in [3.8, 4) is 11.1 Å². The standard InChI is InChI=1S/C31H30Cl2N8O5S/c1-18(27(34)42)38-28(43)25-4-3-9-39(25)47(45,46)26-16-37-30-40(24-11-22(32)10-23(33)12-24)29(44)31(2,41(26)30)13-19-5-7-20(8-6-19)21-14-35-17-36-15-21/h5-8,10-12,14-18,25H,3-4,9,13H2,1-2H3,(H2,34,42)(H,38,43)/t18-,25+,31-/m1/s1. The average molecular weight is 698 g/mol. The highest BCUT2D eigenvalue weighted by molar-refractivity contribution is 7.89. The monoisotopic (exact) mass is 696 g/mol. The number of nitrogens with zero attached hydrogens (tertiary/aromatic N) is 6. The second kappa shape index (κ2) is 12.3. The first-order valence-electron chi connectivity index (χ1n) is 14.7. The number of hydrogen-bond donors (Lipinski definition) is 2. The minimum atomic E-state index is -4.41. The van der Waals surface area contributed by atoms with Crippen LogP contribution in [0.5, 0.6) is 0 Å². The van der Waals surface area contributed by atoms with Crippen LogP contribution < -0.4 is 16.0 Å². The molecule has 3 atom stereocenters. The first-order valence-corrected chi connectivity index (χ1v) is 16.9. The number of aromatic nitrogens is 4. The quantitative estimate of drug-likeness (QED) is 0.268. The number of fused-ring (bicyclic) bond motifs is 1. The molecule has 0 bridgehead atoms. The molecule has 6 rings (SSSR count). The van der Waals surface area contributed by atoms with E-state index in [1.54, 1.807) is 31.5 Å². The normalized spacial score (nSPS) is 20.3. The van der Waals surface area contributed by atoms with Crippen molar-refractivity contribution in [3.05, 3.63) is 83.0 Å². The molecule has 2 aliphatic heterocycles. The third-order valence-corrected chi connectivity index (χ3v) is 10.7. The molecule has 1 saturated heterocycles. The maximum Gasteiger partial charge on any atom is 0.261 e. The van der Waals surface area contributed by atoms with Gasteiger partial charge in [0.15, 0.2) is 5.03 Å². The molecule has 2 aromatic heterocycles. The van der Waals surface area contributed by atoms with E-state index in [-0.39, 0.29) is 40.4 Å². The topological polar surface area (TPSA) is 173 Å². The summed E-state index contributed by atoms with van der Waals surface area (Å²) in [5.41, 5.74) is 6.55. The number of nitrogens with two attached hydrogens (primary N) is 1. The molecule has 4 aromatic rings. The van der Waals surface area contributed by atoms with Gasteiger partial charge in [0.1, 0.15) is 23.9 Å². The van der Waals surface area contributed by atoms with Crippen LogP contribution in [-0.2, 0) is 36.4 Å². The molecule has 0 unspecified atom stereocenters. The maximum atomic E-state index is 14.5. The summed E-state index contributed by atoms with van der Waals surface area (Å²) >= 11 is 12.6. The Morgan fingerprint density at radius 2 is 1.72 bits per heavy atom. The van der Waals surface area contributed by atoms with E-state index in [9.17, 15) is 22.8 Å². The number of carbonyl (C=O) groups is 3. The molecular formula is C31H30Cl2N8O5S. The maximum absolute atomic E-state index is 14.5. The number of halogens is 2. The Hall–Kier alpha value is -4.37. The van der Waals surface area contributed by atoms with E-state index < -0.39 is 45.4 Å². The van der Waals surface area contributed by atoms with Crippen molar-refractivity contribution in [2.75, 3.05) is 11.4 Å². The van der Waals surface area contributed by atoms with Gasteiger partial charge >= 0.3 is 0 Å². The summed E-state index contributed by atoms with van der Waals surface area (Å²) in [6.07, 6.45) is 6.74. The van der Waals surface area contributed by atoms with Crippen molar-refractivity contribution < 1.29 is 22.8 Å². The van der Waals surface area contributed by atoms with Crippen molar-refractivity contribution in [2.45, 2.75) is 55.8 Å². The number of amides is 3. The fourth-order valence-corrected chi connectivity index (χ4v) is 8.43. The summed E-state index contributed by atoms with van der Waals surface area (Å²) in [4.78, 5) is 53.0. The largest absolute Gasteiger partial charge is 0.368 e. The minimum Gasteiger partial charge on any atom is -0.368 e. The predicted molar refractivity (Wildman–Crippen MR) is 174 cm³/mol. The van der Waals surface area contributed by atoms with Crippen molar-refractivity contribution in [2.24, 2.45) is 5.73 Å². The van der Waals surface area contributed by atoms with Gasteiger partial charge in [-0.2, -0.15) is 4.31 Å². The molecule has 0 aliphatic carbocycles. The number of carbonyl (C=O) groups excluding carboxylic acids is 3. The number of rotatable bonds is 9. The van der Waals surface area contributed by atoms with E-state index in [1.807, 2.05) is 24.3 Å². The first-order chi connectivity index (χ1) is 22.3. The van der Waals surface area contributed by atoms with Crippen molar-refractivity contribution >= 4 is 62.6 Å². The Labute approximate surface area is 280 Å². The summed E-state index contributed by atoms with van der Waals surface area (Å²) in [6, 6.07) is 9.97. The summed E-state index contributed by atoms with van der Waals surface area (Å²) in [5, 5.41) is 2.78. The van der Waals surface area contributed by atoms with Crippen LogP contribution in [0.2, 0.25) is 10.0 Å². The molecule has 16 heteroatoms. The van der Waals surface area contributed by atoms with E-state index in [2.05, 4.69) is 20.3 Å². The van der Waals surface area contributed by atoms with Crippen molar-refractivity contribution in [1.29, 1.82) is 0 Å². The van der Waals surface area contributed by atoms with Crippen LogP contribution in [0.4, 0.5) is 11.6 Å². The molecule has 0 saturated carbocycles. The Balaban J connectivity index is 1.43. The predicted octanol–water partition coefficient (Wildman–Crippen LogP) is 3.43. The molecule has 244 valence electrons. The van der Waals surface area contributed by atoms with Gasteiger partial charge in [0.2, 0.25) is 17.8 Å². The molecular weight excluding hydrogens is 667 g/mol. The smallest absolute Gasteiger partial charge is 0.261 e. The van der Waals surface area contributed by atoms with Gasteiger partial charge in [-0.25, -0.2) is 28.3 Å². The van der Waals surface area contributed by atoms with Gasteiger partial charge in [-0.1, -0.05) is 47.5 Å². The van der Waals surface area contributed by atoms with Gasteiger partial charge < -0.3 is 11.1 Å². The van der Waals surface area contributed by atoms with Crippen LogP contribution in [0.1, 0.15) is 32.3 Å². The lowest BCUT2D eigenvalue weighted by molar-refractivity contribution is -0.129. The molecule has 2 aliphatic rings. The van der Waals surface area contributed by atoms with Gasteiger partial charge in [0.25, 0.3) is 15.9 Å². The van der Waals surface area contributed by atoms with Crippen molar-refractivity contribution in [1.82, 2.24) is 29.1 Å². The number of imidazole rings is 1. The molecule has 4 heterocycles. The fourth-order valence-electron chi connectivity index (χ4n) is 6.07. The van der Waals surface area contributed by atoms with E-state index in [0.717, 1.165) is 21.0 Å². The average Bonchev–Trinajstić information content (AvgIpc) is 3.75. The Kier molecular flexibility index (Phi) is 8.55. The molecule has 3 N–H and O–H groups in total. The number of nitrogens with one attached hydrogen (secondary N) is 1. The van der Waals surface area contributed by atoms with Crippen molar-refractivity contribution in [3.63, 3.8) is 0 Å². The van der Waals surface area contributed by atoms with Crippen LogP contribution in [0.25, 0.3) is 11.1 Å². The Morgan fingerprint density at radius 3 is 2.36 bits per heavy atom. The molecule has 13 nitrogen and oxygen atoms in total. The SMILES string of the molecule is C[C@@H](NC(=O)[C@@H]1CCCN1S(=O)(=O)c1cnc2n1[C@](C)(Cc1ccc(-c3cncnc3)cc1)C(=O)N2c1cc(Cl)cc(Cl)c1)C(N)=O. The lowest BCUT2D eigenvalue weighted by Gasteiger charge is -2.29. The number of sulfonamides is 1.